The minimum Gasteiger partial charge on any atom is -0.207 e. The Kier molecular flexibility index (Phi) is 11.0. The van der Waals surface area contributed by atoms with E-state index in [0.717, 1.165) is 44.0 Å². The van der Waals surface area contributed by atoms with Crippen molar-refractivity contribution in [2.24, 2.45) is 0 Å². The summed E-state index contributed by atoms with van der Waals surface area (Å²) in [6, 6.07) is 7.58. The van der Waals surface area contributed by atoms with Crippen molar-refractivity contribution in [2.45, 2.75) is 61.7 Å². The van der Waals surface area contributed by atoms with Crippen LogP contribution in [-0.2, 0) is 0 Å². The topological polar surface area (TPSA) is 0 Å². The van der Waals surface area contributed by atoms with Crippen LogP contribution in [0, 0.1) is 99.7 Å². The lowest BCUT2D eigenvalue weighted by atomic mass is 9.17. The molecule has 0 fully saturated rings. The van der Waals surface area contributed by atoms with Gasteiger partial charge in [0.05, 0.1) is 6.15 Å². The van der Waals surface area contributed by atoms with Gasteiger partial charge >= 0.3 is 0 Å². The lowest BCUT2D eigenvalue weighted by Gasteiger charge is -2.41. The first-order valence-electron chi connectivity index (χ1n) is 15.3. The first kappa shape index (κ1) is 38.0. The van der Waals surface area contributed by atoms with Crippen LogP contribution in [0.4, 0.5) is 43.9 Å². The van der Waals surface area contributed by atoms with Crippen molar-refractivity contribution in [1.82, 2.24) is 0 Å². The number of hydrogen-bond donors (Lipinski definition) is 0. The lowest BCUT2D eigenvalue weighted by molar-refractivity contribution is 0.381. The van der Waals surface area contributed by atoms with Gasteiger partial charge in [-0.3, -0.25) is 0 Å². The van der Waals surface area contributed by atoms with E-state index in [-0.39, 0.29) is 11.7 Å². The first-order chi connectivity index (χ1) is 22.8. The maximum atomic E-state index is 15.9. The highest BCUT2D eigenvalue weighted by Crippen LogP contribution is 2.42. The molecule has 0 saturated heterocycles. The molecule has 12 heteroatoms. The fraction of sp³-hybridized carbons (Fsp3) is 0.270. The fourth-order valence-corrected chi connectivity index (χ4v) is 10.3. The molecule has 0 heterocycles. The summed E-state index contributed by atoms with van der Waals surface area (Å²) in [5.74, 6) is -24.0. The van der Waals surface area contributed by atoms with Crippen molar-refractivity contribution in [2.75, 3.05) is 6.16 Å². The van der Waals surface area contributed by atoms with E-state index in [1.54, 1.807) is 0 Å². The van der Waals surface area contributed by atoms with Crippen LogP contribution in [0.15, 0.2) is 41.5 Å². The van der Waals surface area contributed by atoms with E-state index >= 15 is 17.6 Å². The van der Waals surface area contributed by atoms with E-state index < -0.39 is 89.5 Å². The van der Waals surface area contributed by atoms with Gasteiger partial charge in [-0.25, -0.2) is 43.9 Å². The van der Waals surface area contributed by atoms with Crippen LogP contribution >= 0.6 is 7.92 Å². The van der Waals surface area contributed by atoms with Gasteiger partial charge in [-0.1, -0.05) is 41.6 Å². The zero-order valence-corrected chi connectivity index (χ0v) is 29.0. The smallest absolute Gasteiger partial charge is 0.200 e. The van der Waals surface area contributed by atoms with E-state index in [1.165, 1.54) is 13.8 Å². The number of halogens is 10. The highest BCUT2D eigenvalue weighted by atomic mass is 31.1. The Hall–Kier alpha value is -3.81. The van der Waals surface area contributed by atoms with Crippen molar-refractivity contribution >= 4 is 35.6 Å². The van der Waals surface area contributed by atoms with Crippen molar-refractivity contribution in [3.05, 3.63) is 133 Å². The van der Waals surface area contributed by atoms with Gasteiger partial charge in [0.2, 0.25) is 0 Å². The summed E-state index contributed by atoms with van der Waals surface area (Å²) < 4.78 is 152. The number of allylic oxidation sites excluding steroid dienone is 1. The predicted octanol–water partition coefficient (Wildman–Crippen LogP) is 9.28. The lowest BCUT2D eigenvalue weighted by Crippen LogP contribution is -2.63. The molecule has 260 valence electrons. The van der Waals surface area contributed by atoms with Crippen LogP contribution in [0.2, 0.25) is 6.32 Å². The van der Waals surface area contributed by atoms with Gasteiger partial charge in [-0.05, 0) is 102 Å². The van der Waals surface area contributed by atoms with E-state index in [9.17, 15) is 26.3 Å². The molecule has 4 rings (SSSR count). The standard InChI is InChI=1S/C37H33BF10P/c1-17(2)9-10-38(24-26(39)30(43)34(47)31(44)27(24)40,25-28(41)32(45)35(48)33(46)29(25)42)11-12-49(36-20(5)13-18(3)14-21(36)6)37-22(7)15-19(4)16-23(37)8/h10,13-16H,11-12H2,1-8H3/q-1. The number of hydrogen-bond acceptors (Lipinski definition) is 0. The maximum absolute atomic E-state index is 15.9. The minimum atomic E-state index is -4.17. The quantitative estimate of drug-likeness (QED) is 0.0428. The Morgan fingerprint density at radius 1 is 0.531 bits per heavy atom. The van der Waals surface area contributed by atoms with E-state index in [4.69, 9.17) is 0 Å². The second-order valence-corrected chi connectivity index (χ2v) is 15.0. The molecule has 0 saturated carbocycles. The summed E-state index contributed by atoms with van der Waals surface area (Å²) in [7, 11) is -1.66. The molecular weight excluding hydrogens is 676 g/mol. The van der Waals surface area contributed by atoms with Gasteiger partial charge in [-0.15, -0.1) is 10.9 Å². The second-order valence-electron chi connectivity index (χ2n) is 12.8. The summed E-state index contributed by atoms with van der Waals surface area (Å²) in [5, 5.41) is 1.56. The van der Waals surface area contributed by atoms with Crippen LogP contribution < -0.4 is 21.5 Å². The predicted molar refractivity (Wildman–Crippen MR) is 178 cm³/mol. The molecule has 0 spiro atoms. The highest BCUT2D eigenvalue weighted by Gasteiger charge is 2.42. The number of rotatable bonds is 8. The molecule has 0 radical (unpaired) electrons. The Morgan fingerprint density at radius 2 is 0.816 bits per heavy atom. The largest absolute Gasteiger partial charge is 0.207 e. The normalized spacial score (nSPS) is 11.7. The minimum absolute atomic E-state index is 0.219. The maximum Gasteiger partial charge on any atom is 0.200 e. The third-order valence-electron chi connectivity index (χ3n) is 8.79. The van der Waals surface area contributed by atoms with Crippen LogP contribution in [0.25, 0.3) is 0 Å². The average Bonchev–Trinajstić information content (AvgIpc) is 3.01. The molecule has 0 amide bonds. The van der Waals surface area contributed by atoms with Gasteiger partial charge in [0.15, 0.2) is 34.9 Å². The van der Waals surface area contributed by atoms with E-state index in [0.29, 0.717) is 5.98 Å². The van der Waals surface area contributed by atoms with Crippen molar-refractivity contribution in [1.29, 1.82) is 0 Å². The molecule has 0 aliphatic carbocycles. The van der Waals surface area contributed by atoms with Crippen molar-refractivity contribution in [3.8, 4) is 0 Å². The van der Waals surface area contributed by atoms with Gasteiger partial charge in [0.1, 0.15) is 23.3 Å². The van der Waals surface area contributed by atoms with Crippen LogP contribution in [0.3, 0.4) is 0 Å². The second kappa shape index (κ2) is 14.2. The Bertz CT molecular complexity index is 1830. The zero-order valence-electron chi connectivity index (χ0n) is 28.1. The molecule has 0 bridgehead atoms. The average molecular weight is 709 g/mol. The molecule has 0 aromatic heterocycles. The summed E-state index contributed by atoms with van der Waals surface area (Å²) in [6.07, 6.45) is -5.20. The van der Waals surface area contributed by atoms with Gasteiger partial charge < -0.3 is 0 Å². The summed E-state index contributed by atoms with van der Waals surface area (Å²) in [4.78, 5) is 0. The summed E-state index contributed by atoms with van der Waals surface area (Å²) >= 11 is 0. The van der Waals surface area contributed by atoms with E-state index in [2.05, 4.69) is 5.73 Å². The van der Waals surface area contributed by atoms with Crippen LogP contribution in [0.5, 0.6) is 0 Å². The fourth-order valence-electron chi connectivity index (χ4n) is 7.00. The number of aryl methyl sites for hydroxylation is 6. The molecule has 0 unspecified atom stereocenters. The zero-order chi connectivity index (χ0) is 36.9. The first-order valence-corrected chi connectivity index (χ1v) is 16.8. The summed E-state index contributed by atoms with van der Waals surface area (Å²) in [6.45, 7) is 13.9. The SMILES string of the molecule is CC(C)=C=C[B-](CCP(c1c(C)cc(C)cc1C)c1c(C)cc(C)cc1C)(c1c(F)c(F)c(F)c(F)c1F)c1c(F)c(F)c(F)c(F)c1F. The number of benzene rings is 4. The monoisotopic (exact) mass is 709 g/mol. The van der Waals surface area contributed by atoms with Crippen molar-refractivity contribution in [3.63, 3.8) is 0 Å². The molecule has 49 heavy (non-hydrogen) atoms. The van der Waals surface area contributed by atoms with Crippen LogP contribution in [0.1, 0.15) is 47.2 Å². The molecule has 0 aliphatic rings. The van der Waals surface area contributed by atoms with E-state index in [1.807, 2.05) is 65.8 Å². The van der Waals surface area contributed by atoms with Crippen molar-refractivity contribution < 1.29 is 43.9 Å². The van der Waals surface area contributed by atoms with Crippen LogP contribution in [-0.4, -0.2) is 12.3 Å². The molecule has 0 atom stereocenters. The Morgan fingerprint density at radius 3 is 1.10 bits per heavy atom. The molecule has 0 N–H and O–H groups in total. The van der Waals surface area contributed by atoms with Gasteiger partial charge in [0, 0.05) is 0 Å². The Balaban J connectivity index is 2.23. The Labute approximate surface area is 280 Å². The molecule has 0 nitrogen and oxygen atoms in total. The molecule has 4 aromatic carbocycles. The molecular formula is C37H33BF10P-. The summed E-state index contributed by atoms with van der Waals surface area (Å²) in [5.41, 5.74) is 4.37. The highest BCUT2D eigenvalue weighted by molar-refractivity contribution is 7.73. The van der Waals surface area contributed by atoms with Gasteiger partial charge in [0.25, 0.3) is 0 Å². The van der Waals surface area contributed by atoms with Gasteiger partial charge in [-0.2, -0.15) is 18.0 Å². The third-order valence-corrected chi connectivity index (χ3v) is 12.0. The molecule has 4 aromatic rings. The third kappa shape index (κ3) is 6.72. The molecule has 0 aliphatic heterocycles.